The number of hydrogen-bond acceptors (Lipinski definition) is 3. The lowest BCUT2D eigenvalue weighted by molar-refractivity contribution is -0.118. The van der Waals surface area contributed by atoms with Gasteiger partial charge in [-0.3, -0.25) is 4.79 Å². The largest absolute Gasteiger partial charge is 0.492 e. The Labute approximate surface area is 185 Å². The molecule has 2 heterocycles. The molecule has 0 saturated heterocycles. The summed E-state index contributed by atoms with van der Waals surface area (Å²) in [6.45, 7) is 1.03. The molecule has 0 atom stereocenters. The van der Waals surface area contributed by atoms with E-state index in [1.165, 1.54) is 0 Å². The first-order valence-electron chi connectivity index (χ1n) is 9.58. The van der Waals surface area contributed by atoms with Crippen molar-refractivity contribution in [2.45, 2.75) is 19.4 Å². The summed E-state index contributed by atoms with van der Waals surface area (Å²) in [5, 5.41) is 0.990. The first-order chi connectivity index (χ1) is 14.6. The molecule has 2 aromatic rings. The molecule has 5 nitrogen and oxygen atoms in total. The van der Waals surface area contributed by atoms with E-state index in [-0.39, 0.29) is 12.3 Å². The van der Waals surface area contributed by atoms with E-state index < -0.39 is 0 Å². The van der Waals surface area contributed by atoms with Crippen LogP contribution in [0.3, 0.4) is 0 Å². The van der Waals surface area contributed by atoms with Crippen molar-refractivity contribution in [3.8, 4) is 5.75 Å². The van der Waals surface area contributed by atoms with Crippen molar-refractivity contribution in [1.29, 1.82) is 0 Å². The Morgan fingerprint density at radius 1 is 1.17 bits per heavy atom. The fraction of sp³-hybridized carbons (Fsp3) is 0.174. The predicted molar refractivity (Wildman–Crippen MR) is 120 cm³/mol. The molecule has 0 aliphatic carbocycles. The first-order valence-corrected chi connectivity index (χ1v) is 10.3. The van der Waals surface area contributed by atoms with Crippen LogP contribution in [0.15, 0.2) is 76.9 Å². The Hall–Kier alpha value is -2.89. The zero-order chi connectivity index (χ0) is 20.9. The summed E-state index contributed by atoms with van der Waals surface area (Å²) in [7, 11) is 0. The SMILES string of the molecule is O=C(CCCOc1ccc(Cl)cc1Cl)N=C1N=C2C=CC=CN2Cc2ccccc21. The summed E-state index contributed by atoms with van der Waals surface area (Å²) in [6.07, 6.45) is 8.53. The van der Waals surface area contributed by atoms with Crippen molar-refractivity contribution in [1.82, 2.24) is 4.90 Å². The van der Waals surface area contributed by atoms with Crippen LogP contribution in [0.25, 0.3) is 0 Å². The van der Waals surface area contributed by atoms with Crippen LogP contribution in [0.5, 0.6) is 5.75 Å². The number of allylic oxidation sites excluding steroid dienone is 2. The van der Waals surface area contributed by atoms with E-state index in [2.05, 4.69) is 9.98 Å². The smallest absolute Gasteiger partial charge is 0.247 e. The van der Waals surface area contributed by atoms with Gasteiger partial charge in [0.05, 0.1) is 11.6 Å². The number of ether oxygens (including phenoxy) is 1. The van der Waals surface area contributed by atoms with Gasteiger partial charge in [0, 0.05) is 29.8 Å². The number of rotatable bonds is 5. The van der Waals surface area contributed by atoms with Crippen LogP contribution in [0.2, 0.25) is 10.0 Å². The molecule has 30 heavy (non-hydrogen) atoms. The standard InChI is InChI=1S/C23H19Cl2N3O2/c24-17-10-11-20(19(25)14-17)30-13-5-9-22(29)27-23-18-7-2-1-6-16(18)15-28-12-4-3-8-21(28)26-23/h1-4,6-8,10-12,14H,5,9,13,15H2. The number of aliphatic imine (C=N–C) groups is 2. The average Bonchev–Trinajstić information content (AvgIpc) is 2.89. The molecule has 0 N–H and O–H groups in total. The number of carbonyl (C=O) groups excluding carboxylic acids is 1. The molecule has 0 aromatic heterocycles. The monoisotopic (exact) mass is 439 g/mol. The molecule has 152 valence electrons. The number of halogens is 2. The van der Waals surface area contributed by atoms with Crippen LogP contribution in [-0.4, -0.2) is 29.1 Å². The molecule has 7 heteroatoms. The maximum absolute atomic E-state index is 12.5. The highest BCUT2D eigenvalue weighted by molar-refractivity contribution is 6.35. The van der Waals surface area contributed by atoms with Gasteiger partial charge in [-0.15, -0.1) is 0 Å². The molecule has 0 spiro atoms. The van der Waals surface area contributed by atoms with E-state index in [4.69, 9.17) is 27.9 Å². The molecule has 1 amide bonds. The van der Waals surface area contributed by atoms with E-state index in [0.717, 1.165) is 17.0 Å². The second-order valence-electron chi connectivity index (χ2n) is 6.81. The lowest BCUT2D eigenvalue weighted by Gasteiger charge is -2.20. The van der Waals surface area contributed by atoms with Crippen LogP contribution >= 0.6 is 23.2 Å². The van der Waals surface area contributed by atoms with Crippen LogP contribution in [0.1, 0.15) is 24.0 Å². The molecular formula is C23H19Cl2N3O2. The minimum absolute atomic E-state index is 0.237. The van der Waals surface area contributed by atoms with Crippen molar-refractivity contribution in [3.05, 3.63) is 88.1 Å². The van der Waals surface area contributed by atoms with Crippen LogP contribution in [0, 0.1) is 0 Å². The van der Waals surface area contributed by atoms with Crippen molar-refractivity contribution >= 4 is 40.8 Å². The minimum atomic E-state index is -0.237. The lowest BCUT2D eigenvalue weighted by atomic mass is 10.1. The van der Waals surface area contributed by atoms with Gasteiger partial charge in [-0.2, -0.15) is 4.99 Å². The van der Waals surface area contributed by atoms with E-state index >= 15 is 0 Å². The Morgan fingerprint density at radius 3 is 2.90 bits per heavy atom. The second-order valence-corrected chi connectivity index (χ2v) is 7.66. The molecule has 2 aliphatic rings. The number of hydrogen-bond donors (Lipinski definition) is 0. The number of carbonyl (C=O) groups is 1. The number of nitrogens with zero attached hydrogens (tertiary/aromatic N) is 3. The van der Waals surface area contributed by atoms with E-state index in [0.29, 0.717) is 41.2 Å². The third-order valence-corrected chi connectivity index (χ3v) is 5.18. The van der Waals surface area contributed by atoms with Crippen LogP contribution in [-0.2, 0) is 11.3 Å². The highest BCUT2D eigenvalue weighted by Gasteiger charge is 2.20. The number of amides is 1. The minimum Gasteiger partial charge on any atom is -0.492 e. The third kappa shape index (κ3) is 4.81. The Balaban J connectivity index is 1.44. The second kappa shape index (κ2) is 9.28. The average molecular weight is 440 g/mol. The molecule has 2 aromatic carbocycles. The van der Waals surface area contributed by atoms with Gasteiger partial charge in [0.2, 0.25) is 5.91 Å². The highest BCUT2D eigenvalue weighted by Crippen LogP contribution is 2.27. The molecular weight excluding hydrogens is 421 g/mol. The normalized spacial score (nSPS) is 16.0. The van der Waals surface area contributed by atoms with Gasteiger partial charge in [0.25, 0.3) is 0 Å². The third-order valence-electron chi connectivity index (χ3n) is 4.65. The number of fused-ring (bicyclic) bond motifs is 2. The van der Waals surface area contributed by atoms with Gasteiger partial charge in [-0.1, -0.05) is 53.5 Å². The predicted octanol–water partition coefficient (Wildman–Crippen LogP) is 5.42. The Kier molecular flexibility index (Phi) is 6.31. The van der Waals surface area contributed by atoms with Crippen molar-refractivity contribution in [2.24, 2.45) is 9.98 Å². The zero-order valence-corrected chi connectivity index (χ0v) is 17.6. The summed E-state index contributed by atoms with van der Waals surface area (Å²) in [5.41, 5.74) is 1.95. The van der Waals surface area contributed by atoms with Crippen LogP contribution < -0.4 is 4.74 Å². The summed E-state index contributed by atoms with van der Waals surface area (Å²) in [6, 6.07) is 12.9. The summed E-state index contributed by atoms with van der Waals surface area (Å²) >= 11 is 12.0. The summed E-state index contributed by atoms with van der Waals surface area (Å²) < 4.78 is 5.64. The fourth-order valence-electron chi connectivity index (χ4n) is 3.19. The van der Waals surface area contributed by atoms with Gasteiger partial charge in [0.15, 0.2) is 5.84 Å². The number of amidine groups is 2. The quantitative estimate of drug-likeness (QED) is 0.584. The Morgan fingerprint density at radius 2 is 2.03 bits per heavy atom. The molecule has 4 rings (SSSR count). The zero-order valence-electron chi connectivity index (χ0n) is 16.1. The van der Waals surface area contributed by atoms with Gasteiger partial charge in [0.1, 0.15) is 11.6 Å². The van der Waals surface area contributed by atoms with Gasteiger partial charge in [-0.05, 0) is 42.3 Å². The molecule has 0 fully saturated rings. The maximum atomic E-state index is 12.5. The van der Waals surface area contributed by atoms with Gasteiger partial charge in [-0.25, -0.2) is 4.99 Å². The summed E-state index contributed by atoms with van der Waals surface area (Å²) in [4.78, 5) is 23.5. The van der Waals surface area contributed by atoms with Crippen LogP contribution in [0.4, 0.5) is 0 Å². The lowest BCUT2D eigenvalue weighted by Crippen LogP contribution is -2.24. The molecule has 0 unspecified atom stereocenters. The van der Waals surface area contributed by atoms with E-state index in [1.54, 1.807) is 18.2 Å². The summed E-state index contributed by atoms with van der Waals surface area (Å²) in [5.74, 6) is 1.51. The Bertz CT molecular complexity index is 1090. The van der Waals surface area contributed by atoms with Gasteiger partial charge < -0.3 is 9.64 Å². The van der Waals surface area contributed by atoms with E-state index in [9.17, 15) is 4.79 Å². The van der Waals surface area contributed by atoms with Gasteiger partial charge >= 0.3 is 0 Å². The van der Waals surface area contributed by atoms with E-state index in [1.807, 2.05) is 53.6 Å². The van der Waals surface area contributed by atoms with Crippen molar-refractivity contribution in [3.63, 3.8) is 0 Å². The van der Waals surface area contributed by atoms with Crippen molar-refractivity contribution < 1.29 is 9.53 Å². The topological polar surface area (TPSA) is 54.3 Å². The maximum Gasteiger partial charge on any atom is 0.247 e. The van der Waals surface area contributed by atoms with Crippen molar-refractivity contribution in [2.75, 3.05) is 6.61 Å². The first kappa shape index (κ1) is 20.4. The fourth-order valence-corrected chi connectivity index (χ4v) is 3.65. The molecule has 0 radical (unpaired) electrons. The molecule has 2 aliphatic heterocycles. The number of benzene rings is 2. The molecule has 0 bridgehead atoms. The highest BCUT2D eigenvalue weighted by atomic mass is 35.5. The molecule has 0 saturated carbocycles.